The number of benzene rings is 2. The van der Waals surface area contributed by atoms with Crippen molar-refractivity contribution in [1.82, 2.24) is 0 Å². The highest BCUT2D eigenvalue weighted by molar-refractivity contribution is 5.61. The van der Waals surface area contributed by atoms with Crippen LogP contribution in [0.4, 0.5) is 15.8 Å². The molecular formula is C15H17FN2O. The van der Waals surface area contributed by atoms with Gasteiger partial charge in [-0.05, 0) is 36.8 Å². The van der Waals surface area contributed by atoms with Crippen molar-refractivity contribution in [1.29, 1.82) is 0 Å². The maximum Gasteiger partial charge on any atom is 0.144 e. The Morgan fingerprint density at radius 1 is 1.16 bits per heavy atom. The minimum absolute atomic E-state index is 0.227. The monoisotopic (exact) mass is 260 g/mol. The maximum absolute atomic E-state index is 12.8. The largest absolute Gasteiger partial charge is 0.492 e. The van der Waals surface area contributed by atoms with Crippen LogP contribution in [0.25, 0.3) is 0 Å². The summed E-state index contributed by atoms with van der Waals surface area (Å²) in [6.45, 7) is 3.11. The Hall–Kier alpha value is -2.23. The first-order valence-electron chi connectivity index (χ1n) is 6.19. The van der Waals surface area contributed by atoms with Crippen LogP contribution in [0.2, 0.25) is 0 Å². The van der Waals surface area contributed by atoms with Crippen LogP contribution in [0.3, 0.4) is 0 Å². The van der Waals surface area contributed by atoms with E-state index in [9.17, 15) is 4.39 Å². The second kappa shape index (κ2) is 6.09. The molecule has 3 nitrogen and oxygen atoms in total. The minimum atomic E-state index is -0.227. The van der Waals surface area contributed by atoms with E-state index in [4.69, 9.17) is 10.5 Å². The van der Waals surface area contributed by atoms with Crippen LogP contribution in [-0.4, -0.2) is 6.61 Å². The molecule has 0 aliphatic heterocycles. The summed E-state index contributed by atoms with van der Waals surface area (Å²) in [5.74, 6) is 0.446. The lowest BCUT2D eigenvalue weighted by Gasteiger charge is -2.11. The van der Waals surface area contributed by atoms with Crippen LogP contribution < -0.4 is 15.8 Å². The van der Waals surface area contributed by atoms with Crippen molar-refractivity contribution >= 4 is 11.4 Å². The smallest absolute Gasteiger partial charge is 0.144 e. The number of hydrogen-bond acceptors (Lipinski definition) is 3. The average Bonchev–Trinajstić information content (AvgIpc) is 2.42. The summed E-state index contributed by atoms with van der Waals surface area (Å²) in [7, 11) is 0. The van der Waals surface area contributed by atoms with E-state index in [-0.39, 0.29) is 5.82 Å². The van der Waals surface area contributed by atoms with Crippen molar-refractivity contribution in [2.24, 2.45) is 0 Å². The molecule has 2 rings (SSSR count). The van der Waals surface area contributed by atoms with Gasteiger partial charge in [0.25, 0.3) is 0 Å². The Morgan fingerprint density at radius 3 is 2.58 bits per heavy atom. The second-order valence-electron chi connectivity index (χ2n) is 4.17. The lowest BCUT2D eigenvalue weighted by Crippen LogP contribution is -2.02. The van der Waals surface area contributed by atoms with Crippen LogP contribution in [0.15, 0.2) is 42.5 Å². The molecule has 100 valence electrons. The van der Waals surface area contributed by atoms with E-state index in [1.807, 2.05) is 19.1 Å². The van der Waals surface area contributed by atoms with E-state index in [1.54, 1.807) is 18.2 Å². The Morgan fingerprint density at radius 2 is 1.89 bits per heavy atom. The number of anilines is 2. The fourth-order valence-electron chi connectivity index (χ4n) is 1.73. The summed E-state index contributed by atoms with van der Waals surface area (Å²) in [5.41, 5.74) is 8.35. The van der Waals surface area contributed by atoms with Crippen LogP contribution in [0.1, 0.15) is 12.5 Å². The van der Waals surface area contributed by atoms with Gasteiger partial charge in [0, 0.05) is 18.3 Å². The first kappa shape index (κ1) is 13.2. The minimum Gasteiger partial charge on any atom is -0.492 e. The molecule has 0 unspecified atom stereocenters. The summed E-state index contributed by atoms with van der Waals surface area (Å²) < 4.78 is 18.2. The summed E-state index contributed by atoms with van der Waals surface area (Å²) >= 11 is 0. The highest BCUT2D eigenvalue weighted by Crippen LogP contribution is 2.25. The Labute approximate surface area is 112 Å². The molecule has 0 aliphatic rings. The normalized spacial score (nSPS) is 10.2. The summed E-state index contributed by atoms with van der Waals surface area (Å²) in [6, 6.07) is 12.0. The van der Waals surface area contributed by atoms with Gasteiger partial charge in [-0.25, -0.2) is 4.39 Å². The molecule has 4 heteroatoms. The van der Waals surface area contributed by atoms with Crippen LogP contribution in [0.5, 0.6) is 5.75 Å². The van der Waals surface area contributed by atoms with Gasteiger partial charge in [0.1, 0.15) is 11.6 Å². The first-order chi connectivity index (χ1) is 9.19. The van der Waals surface area contributed by atoms with Gasteiger partial charge in [-0.2, -0.15) is 0 Å². The predicted molar refractivity (Wildman–Crippen MR) is 75.8 cm³/mol. The van der Waals surface area contributed by atoms with Gasteiger partial charge < -0.3 is 15.8 Å². The van der Waals surface area contributed by atoms with Crippen molar-refractivity contribution in [3.63, 3.8) is 0 Å². The standard InChI is InChI=1S/C15H17FN2O/c1-2-19-15-9-13(7-8-14(15)17)18-10-11-3-5-12(16)6-4-11/h3-9,18H,2,10,17H2,1H3. The third-order valence-corrected chi connectivity index (χ3v) is 2.72. The molecule has 0 bridgehead atoms. The lowest BCUT2D eigenvalue weighted by atomic mass is 10.2. The molecule has 0 saturated carbocycles. The first-order valence-corrected chi connectivity index (χ1v) is 6.19. The van der Waals surface area contributed by atoms with Crippen LogP contribution >= 0.6 is 0 Å². The Kier molecular flexibility index (Phi) is 4.23. The van der Waals surface area contributed by atoms with Gasteiger partial charge in [-0.1, -0.05) is 12.1 Å². The molecule has 0 saturated heterocycles. The summed E-state index contributed by atoms with van der Waals surface area (Å²) in [4.78, 5) is 0. The Balaban J connectivity index is 2.03. The lowest BCUT2D eigenvalue weighted by molar-refractivity contribution is 0.342. The molecule has 0 spiro atoms. The van der Waals surface area contributed by atoms with Crippen molar-refractivity contribution in [2.45, 2.75) is 13.5 Å². The fourth-order valence-corrected chi connectivity index (χ4v) is 1.73. The number of rotatable bonds is 5. The van der Waals surface area contributed by atoms with E-state index < -0.39 is 0 Å². The highest BCUT2D eigenvalue weighted by atomic mass is 19.1. The molecule has 0 heterocycles. The molecule has 0 amide bonds. The van der Waals surface area contributed by atoms with Gasteiger partial charge in [0.2, 0.25) is 0 Å². The van der Waals surface area contributed by atoms with Gasteiger partial charge in [-0.15, -0.1) is 0 Å². The maximum atomic E-state index is 12.8. The van der Waals surface area contributed by atoms with Gasteiger partial charge in [0.15, 0.2) is 0 Å². The average molecular weight is 260 g/mol. The van der Waals surface area contributed by atoms with Crippen molar-refractivity contribution in [3.05, 3.63) is 53.8 Å². The SMILES string of the molecule is CCOc1cc(NCc2ccc(F)cc2)ccc1N. The van der Waals surface area contributed by atoms with E-state index in [0.717, 1.165) is 11.3 Å². The van der Waals surface area contributed by atoms with E-state index in [1.165, 1.54) is 12.1 Å². The quantitative estimate of drug-likeness (QED) is 0.810. The second-order valence-corrected chi connectivity index (χ2v) is 4.17. The van der Waals surface area contributed by atoms with Crippen molar-refractivity contribution in [3.8, 4) is 5.75 Å². The molecule has 0 radical (unpaired) electrons. The van der Waals surface area contributed by atoms with Crippen LogP contribution in [-0.2, 0) is 6.54 Å². The van der Waals surface area contributed by atoms with Gasteiger partial charge >= 0.3 is 0 Å². The molecular weight excluding hydrogens is 243 g/mol. The zero-order chi connectivity index (χ0) is 13.7. The van der Waals surface area contributed by atoms with Crippen LogP contribution in [0, 0.1) is 5.82 Å². The molecule has 3 N–H and O–H groups in total. The molecule has 0 fully saturated rings. The molecule has 2 aromatic rings. The molecule has 0 atom stereocenters. The van der Waals surface area contributed by atoms with Crippen molar-refractivity contribution in [2.75, 3.05) is 17.7 Å². The molecule has 19 heavy (non-hydrogen) atoms. The third kappa shape index (κ3) is 3.61. The summed E-state index contributed by atoms with van der Waals surface area (Å²) in [6.07, 6.45) is 0. The van der Waals surface area contributed by atoms with Gasteiger partial charge in [0.05, 0.1) is 12.3 Å². The van der Waals surface area contributed by atoms with E-state index in [0.29, 0.717) is 24.6 Å². The van der Waals surface area contributed by atoms with Gasteiger partial charge in [-0.3, -0.25) is 0 Å². The Bertz CT molecular complexity index is 540. The van der Waals surface area contributed by atoms with E-state index in [2.05, 4.69) is 5.32 Å². The number of hydrogen-bond donors (Lipinski definition) is 2. The molecule has 2 aromatic carbocycles. The van der Waals surface area contributed by atoms with E-state index >= 15 is 0 Å². The summed E-state index contributed by atoms with van der Waals surface area (Å²) in [5, 5.41) is 3.25. The molecule has 0 aliphatic carbocycles. The number of nitrogens with two attached hydrogens (primary N) is 1. The zero-order valence-corrected chi connectivity index (χ0v) is 10.8. The number of ether oxygens (including phenoxy) is 1. The number of nitrogen functional groups attached to an aromatic ring is 1. The predicted octanol–water partition coefficient (Wildman–Crippen LogP) is 3.42. The third-order valence-electron chi connectivity index (χ3n) is 2.72. The zero-order valence-electron chi connectivity index (χ0n) is 10.8. The topological polar surface area (TPSA) is 47.3 Å². The number of nitrogens with one attached hydrogen (secondary N) is 1. The molecule has 0 aromatic heterocycles. The van der Waals surface area contributed by atoms with Crippen molar-refractivity contribution < 1.29 is 9.13 Å². The highest BCUT2D eigenvalue weighted by Gasteiger charge is 2.02. The number of halogens is 1. The fraction of sp³-hybridized carbons (Fsp3) is 0.200.